The molecule has 184 valence electrons. The van der Waals surface area contributed by atoms with Crippen molar-refractivity contribution in [1.82, 2.24) is 8.87 Å². The van der Waals surface area contributed by atoms with E-state index in [-0.39, 0.29) is 16.7 Å². The van der Waals surface area contributed by atoms with E-state index in [0.717, 1.165) is 15.8 Å². The van der Waals surface area contributed by atoms with E-state index < -0.39 is 15.9 Å². The maximum absolute atomic E-state index is 13.2. The molecule has 9 heteroatoms. The molecule has 2 aromatic carbocycles. The van der Waals surface area contributed by atoms with E-state index in [0.29, 0.717) is 35.0 Å². The first-order chi connectivity index (χ1) is 15.9. The Morgan fingerprint density at radius 1 is 1.06 bits per heavy atom. The second-order valence-corrected chi connectivity index (χ2v) is 12.5. The molecule has 1 heterocycles. The molecular weight excluding hydrogens is 490 g/mol. The molecule has 0 spiro atoms. The average molecular weight is 522 g/mol. The zero-order valence-electron chi connectivity index (χ0n) is 20.5. The summed E-state index contributed by atoms with van der Waals surface area (Å²) in [6, 6.07) is 9.85. The van der Waals surface area contributed by atoms with Crippen LogP contribution in [0.5, 0.6) is 0 Å². The third kappa shape index (κ3) is 5.62. The molecule has 0 fully saturated rings. The first kappa shape index (κ1) is 26.6. The Hall–Kier alpha value is -2.00. The Morgan fingerprint density at radius 3 is 2.18 bits per heavy atom. The lowest BCUT2D eigenvalue weighted by atomic mass is 10.2. The summed E-state index contributed by atoms with van der Waals surface area (Å²) in [5.41, 5.74) is 2.37. The van der Waals surface area contributed by atoms with E-state index in [2.05, 4.69) is 4.99 Å². The molecular formula is C25H32ClN3O3S2. The molecule has 0 aliphatic rings. The topological polar surface area (TPSA) is 71.7 Å². The maximum atomic E-state index is 13.2. The third-order valence-electron chi connectivity index (χ3n) is 5.37. The molecule has 6 nitrogen and oxygen atoms in total. The Morgan fingerprint density at radius 2 is 1.65 bits per heavy atom. The monoisotopic (exact) mass is 521 g/mol. The van der Waals surface area contributed by atoms with Crippen molar-refractivity contribution in [1.29, 1.82) is 0 Å². The minimum Gasteiger partial charge on any atom is -0.316 e. The van der Waals surface area contributed by atoms with Crippen LogP contribution in [0.3, 0.4) is 0 Å². The number of thiazole rings is 1. The fraction of sp³-hybridized carbons (Fsp3) is 0.440. The summed E-state index contributed by atoms with van der Waals surface area (Å²) in [5, 5.41) is 0.628. The van der Waals surface area contributed by atoms with Crippen LogP contribution in [-0.4, -0.2) is 36.3 Å². The number of aryl methyl sites for hydroxylation is 2. The summed E-state index contributed by atoms with van der Waals surface area (Å²) >= 11 is 7.76. The molecule has 0 aliphatic heterocycles. The average Bonchev–Trinajstić information content (AvgIpc) is 3.14. The summed E-state index contributed by atoms with van der Waals surface area (Å²) in [5.74, 6) is -0.0125. The van der Waals surface area contributed by atoms with Crippen molar-refractivity contribution in [2.24, 2.45) is 16.8 Å². The van der Waals surface area contributed by atoms with Gasteiger partial charge in [-0.3, -0.25) is 4.79 Å². The number of carbonyl (C=O) groups excluding carboxylic acids is 1. The molecule has 0 bridgehead atoms. The Kier molecular flexibility index (Phi) is 8.39. The van der Waals surface area contributed by atoms with Crippen LogP contribution in [0.4, 0.5) is 0 Å². The number of hydrogen-bond donors (Lipinski definition) is 0. The molecule has 0 N–H and O–H groups in total. The van der Waals surface area contributed by atoms with Crippen molar-refractivity contribution >= 4 is 49.1 Å². The van der Waals surface area contributed by atoms with Crippen LogP contribution in [0.15, 0.2) is 46.3 Å². The highest BCUT2D eigenvalue weighted by molar-refractivity contribution is 7.89. The lowest BCUT2D eigenvalue weighted by Gasteiger charge is -2.25. The van der Waals surface area contributed by atoms with Crippen LogP contribution in [0.25, 0.3) is 10.2 Å². The maximum Gasteiger partial charge on any atom is 0.279 e. The molecule has 0 aliphatic carbocycles. The standard InChI is InChI=1S/C25H32ClN3O3S2/c1-7-29-22-18(6)8-13-21(26)23(22)33-25(29)27-24(30)19-9-11-20(12-10-19)34(31,32)28(14-16(2)3)15-17(4)5/h8-13,16-17H,7,14-15H2,1-6H3. The number of rotatable bonds is 8. The number of benzene rings is 2. The number of hydrogen-bond acceptors (Lipinski definition) is 4. The number of sulfonamides is 1. The summed E-state index contributed by atoms with van der Waals surface area (Å²) < 4.78 is 30.9. The number of amides is 1. The van der Waals surface area contributed by atoms with Crippen LogP contribution < -0.4 is 4.80 Å². The third-order valence-corrected chi connectivity index (χ3v) is 8.75. The molecule has 3 rings (SSSR count). The zero-order valence-corrected chi connectivity index (χ0v) is 22.9. The molecule has 1 amide bonds. The fourth-order valence-corrected chi connectivity index (χ4v) is 7.06. The van der Waals surface area contributed by atoms with Gasteiger partial charge in [-0.05, 0) is 61.6 Å². The van der Waals surface area contributed by atoms with Crippen molar-refractivity contribution in [2.45, 2.75) is 53.0 Å². The predicted molar refractivity (Wildman–Crippen MR) is 140 cm³/mol. The molecule has 0 atom stereocenters. The summed E-state index contributed by atoms with van der Waals surface area (Å²) in [6.07, 6.45) is 0. The van der Waals surface area contributed by atoms with Gasteiger partial charge in [0.25, 0.3) is 5.91 Å². The van der Waals surface area contributed by atoms with E-state index in [1.165, 1.54) is 39.9 Å². The van der Waals surface area contributed by atoms with Crippen molar-refractivity contribution in [3.63, 3.8) is 0 Å². The van der Waals surface area contributed by atoms with E-state index in [1.54, 1.807) is 0 Å². The smallest absolute Gasteiger partial charge is 0.279 e. The summed E-state index contributed by atoms with van der Waals surface area (Å²) in [7, 11) is -3.66. The van der Waals surface area contributed by atoms with Gasteiger partial charge in [0, 0.05) is 25.2 Å². The van der Waals surface area contributed by atoms with E-state index in [9.17, 15) is 13.2 Å². The number of halogens is 1. The van der Waals surface area contributed by atoms with Crippen LogP contribution in [-0.2, 0) is 16.6 Å². The fourth-order valence-electron chi connectivity index (χ4n) is 3.85. The Balaban J connectivity index is 1.96. The molecule has 1 aromatic heterocycles. The van der Waals surface area contributed by atoms with Crippen molar-refractivity contribution in [3.8, 4) is 0 Å². The van der Waals surface area contributed by atoms with E-state index in [4.69, 9.17) is 11.6 Å². The van der Waals surface area contributed by atoms with Crippen LogP contribution in [0, 0.1) is 18.8 Å². The van der Waals surface area contributed by atoms with Gasteiger partial charge in [0.05, 0.1) is 20.1 Å². The first-order valence-electron chi connectivity index (χ1n) is 11.4. The van der Waals surface area contributed by atoms with Gasteiger partial charge in [0.1, 0.15) is 0 Å². The number of fused-ring (bicyclic) bond motifs is 1. The second-order valence-electron chi connectivity index (χ2n) is 9.22. The molecule has 0 radical (unpaired) electrons. The van der Waals surface area contributed by atoms with Crippen LogP contribution in [0.1, 0.15) is 50.5 Å². The molecule has 3 aromatic rings. The lowest BCUT2D eigenvalue weighted by molar-refractivity contribution is 0.0997. The number of carbonyl (C=O) groups is 1. The lowest BCUT2D eigenvalue weighted by Crippen LogP contribution is -2.37. The van der Waals surface area contributed by atoms with Gasteiger partial charge >= 0.3 is 0 Å². The van der Waals surface area contributed by atoms with Crippen molar-refractivity contribution in [2.75, 3.05) is 13.1 Å². The second kappa shape index (κ2) is 10.7. The molecule has 0 unspecified atom stereocenters. The van der Waals surface area contributed by atoms with Gasteiger partial charge in [-0.15, -0.1) is 0 Å². The van der Waals surface area contributed by atoms with Crippen molar-refractivity contribution in [3.05, 3.63) is 57.3 Å². The van der Waals surface area contributed by atoms with Crippen molar-refractivity contribution < 1.29 is 13.2 Å². The minimum atomic E-state index is -3.66. The Bertz CT molecular complexity index is 1340. The molecule has 34 heavy (non-hydrogen) atoms. The summed E-state index contributed by atoms with van der Waals surface area (Å²) in [4.78, 5) is 18.0. The largest absolute Gasteiger partial charge is 0.316 e. The van der Waals surface area contributed by atoms with Gasteiger partial charge in [-0.1, -0.05) is 56.7 Å². The van der Waals surface area contributed by atoms with Gasteiger partial charge in [0.2, 0.25) is 10.0 Å². The van der Waals surface area contributed by atoms with E-state index in [1.807, 2.05) is 58.2 Å². The predicted octanol–water partition coefficient (Wildman–Crippen LogP) is 5.73. The Labute approximate surface area is 211 Å². The first-order valence-corrected chi connectivity index (χ1v) is 14.1. The molecule has 0 saturated carbocycles. The van der Waals surface area contributed by atoms with Gasteiger partial charge < -0.3 is 4.57 Å². The van der Waals surface area contributed by atoms with Gasteiger partial charge in [-0.2, -0.15) is 9.30 Å². The SMILES string of the molecule is CCn1c(=NC(=O)c2ccc(S(=O)(=O)N(CC(C)C)CC(C)C)cc2)sc2c(Cl)ccc(C)c21. The van der Waals surface area contributed by atoms with Crippen LogP contribution in [0.2, 0.25) is 5.02 Å². The highest BCUT2D eigenvalue weighted by Crippen LogP contribution is 2.29. The summed E-state index contributed by atoms with van der Waals surface area (Å²) in [6.45, 7) is 13.5. The quantitative estimate of drug-likeness (QED) is 0.380. The number of nitrogens with zero attached hydrogens (tertiary/aromatic N) is 3. The van der Waals surface area contributed by atoms with E-state index >= 15 is 0 Å². The van der Waals surface area contributed by atoms with Gasteiger partial charge in [-0.25, -0.2) is 8.42 Å². The zero-order chi connectivity index (χ0) is 25.2. The van der Waals surface area contributed by atoms with Crippen LogP contribution >= 0.6 is 22.9 Å². The molecule has 0 saturated heterocycles. The van der Waals surface area contributed by atoms with Gasteiger partial charge in [0.15, 0.2) is 4.80 Å². The minimum absolute atomic E-state index is 0.179. The normalized spacial score (nSPS) is 13.1. The highest BCUT2D eigenvalue weighted by Gasteiger charge is 2.26. The number of aromatic nitrogens is 1. The highest BCUT2D eigenvalue weighted by atomic mass is 35.5.